The first-order valence-corrected chi connectivity index (χ1v) is 10.7. The van der Waals surface area contributed by atoms with Crippen molar-refractivity contribution in [1.82, 2.24) is 4.90 Å². The predicted molar refractivity (Wildman–Crippen MR) is 115 cm³/mol. The Morgan fingerprint density at radius 1 is 1.07 bits per heavy atom. The van der Waals surface area contributed by atoms with Crippen LogP contribution in [0.1, 0.15) is 21.5 Å². The van der Waals surface area contributed by atoms with Crippen molar-refractivity contribution in [3.05, 3.63) is 62.0 Å². The fourth-order valence-corrected chi connectivity index (χ4v) is 4.48. The van der Waals surface area contributed by atoms with Crippen LogP contribution in [-0.2, 0) is 20.9 Å². The minimum atomic E-state index is -0.525. The summed E-state index contributed by atoms with van der Waals surface area (Å²) in [6.45, 7) is 4.17. The summed E-state index contributed by atoms with van der Waals surface area (Å²) in [5.74, 6) is -0.00951. The Morgan fingerprint density at radius 3 is 2.31 bits per heavy atom. The van der Waals surface area contributed by atoms with E-state index in [0.29, 0.717) is 38.5 Å². The average molecular weight is 527 g/mol. The highest BCUT2D eigenvalue weighted by molar-refractivity contribution is 9.11. The van der Waals surface area contributed by atoms with Crippen LogP contribution in [0.4, 0.5) is 0 Å². The maximum Gasteiger partial charge on any atom is 0.338 e. The van der Waals surface area contributed by atoms with E-state index in [9.17, 15) is 9.59 Å². The average Bonchev–Trinajstić information content (AvgIpc) is 2.72. The molecule has 29 heavy (non-hydrogen) atoms. The summed E-state index contributed by atoms with van der Waals surface area (Å²) < 4.78 is 18.0. The standard InChI is InChI=1S/C21H21Br2NO5/c1-14-10-17(22)20(18(23)11-14)28-12-15-2-4-16(5-3-15)21(26)29-13-19(25)24-6-8-27-9-7-24/h2-5,10-11H,6-9,12-13H2,1H3. The van der Waals surface area contributed by atoms with Gasteiger partial charge in [0.05, 0.1) is 27.7 Å². The van der Waals surface area contributed by atoms with Crippen molar-refractivity contribution in [2.45, 2.75) is 13.5 Å². The van der Waals surface area contributed by atoms with Gasteiger partial charge in [0, 0.05) is 13.1 Å². The molecule has 3 rings (SSSR count). The number of benzene rings is 2. The number of ether oxygens (including phenoxy) is 3. The second-order valence-corrected chi connectivity index (χ2v) is 8.32. The van der Waals surface area contributed by atoms with Gasteiger partial charge in [-0.2, -0.15) is 0 Å². The number of hydrogen-bond acceptors (Lipinski definition) is 5. The SMILES string of the molecule is Cc1cc(Br)c(OCc2ccc(C(=O)OCC(=O)N3CCOCC3)cc2)c(Br)c1. The number of carbonyl (C=O) groups excluding carboxylic acids is 2. The second kappa shape index (κ2) is 10.2. The van der Waals surface area contributed by atoms with Gasteiger partial charge in [-0.1, -0.05) is 12.1 Å². The van der Waals surface area contributed by atoms with Gasteiger partial charge >= 0.3 is 5.97 Å². The van der Waals surface area contributed by atoms with E-state index in [4.69, 9.17) is 14.2 Å². The zero-order chi connectivity index (χ0) is 20.8. The molecule has 6 nitrogen and oxygen atoms in total. The van der Waals surface area contributed by atoms with E-state index in [1.807, 2.05) is 19.1 Å². The molecule has 1 fully saturated rings. The molecular weight excluding hydrogens is 506 g/mol. The molecule has 8 heteroatoms. The fraction of sp³-hybridized carbons (Fsp3) is 0.333. The predicted octanol–water partition coefficient (Wildman–Crippen LogP) is 4.11. The summed E-state index contributed by atoms with van der Waals surface area (Å²) in [7, 11) is 0. The Hall–Kier alpha value is -1.90. The van der Waals surface area contributed by atoms with Gasteiger partial charge in [-0.05, 0) is 74.2 Å². The largest absolute Gasteiger partial charge is 0.487 e. The smallest absolute Gasteiger partial charge is 0.338 e. The van der Waals surface area contributed by atoms with Crippen LogP contribution < -0.4 is 4.74 Å². The van der Waals surface area contributed by atoms with Gasteiger partial charge in [-0.3, -0.25) is 4.79 Å². The van der Waals surface area contributed by atoms with Gasteiger partial charge in [0.25, 0.3) is 5.91 Å². The van der Waals surface area contributed by atoms with Crippen LogP contribution in [0, 0.1) is 6.92 Å². The molecule has 0 bridgehead atoms. The van der Waals surface area contributed by atoms with E-state index in [-0.39, 0.29) is 12.5 Å². The molecule has 2 aromatic carbocycles. The van der Waals surface area contributed by atoms with Crippen molar-refractivity contribution in [1.29, 1.82) is 0 Å². The topological polar surface area (TPSA) is 65.1 Å². The third-order valence-electron chi connectivity index (χ3n) is 4.41. The first kappa shape index (κ1) is 21.8. The van der Waals surface area contributed by atoms with Gasteiger partial charge in [0.2, 0.25) is 0 Å². The van der Waals surface area contributed by atoms with E-state index in [1.54, 1.807) is 29.2 Å². The number of halogens is 2. The lowest BCUT2D eigenvalue weighted by molar-refractivity contribution is -0.138. The summed E-state index contributed by atoms with van der Waals surface area (Å²) in [5, 5.41) is 0. The maximum absolute atomic E-state index is 12.2. The number of carbonyl (C=O) groups is 2. The molecule has 0 radical (unpaired) electrons. The minimum Gasteiger partial charge on any atom is -0.487 e. The monoisotopic (exact) mass is 525 g/mol. The van der Waals surface area contributed by atoms with E-state index in [0.717, 1.165) is 25.8 Å². The van der Waals surface area contributed by atoms with Crippen LogP contribution in [-0.4, -0.2) is 49.7 Å². The Labute approximate surface area is 186 Å². The second-order valence-electron chi connectivity index (χ2n) is 6.61. The number of morpholine rings is 1. The number of hydrogen-bond donors (Lipinski definition) is 0. The molecule has 0 aliphatic carbocycles. The molecule has 1 aliphatic heterocycles. The molecule has 154 valence electrons. The molecule has 1 saturated heterocycles. The molecular formula is C21H21Br2NO5. The number of amides is 1. The molecule has 0 atom stereocenters. The first-order chi connectivity index (χ1) is 13.9. The molecule has 1 aliphatic rings. The Kier molecular flexibility index (Phi) is 7.69. The zero-order valence-electron chi connectivity index (χ0n) is 16.0. The fourth-order valence-electron chi connectivity index (χ4n) is 2.83. The van der Waals surface area contributed by atoms with Gasteiger partial charge in [-0.25, -0.2) is 4.79 Å². The van der Waals surface area contributed by atoms with Gasteiger partial charge < -0.3 is 19.1 Å². The highest BCUT2D eigenvalue weighted by Crippen LogP contribution is 2.35. The molecule has 0 spiro atoms. The summed E-state index contributed by atoms with van der Waals surface area (Å²) in [5.41, 5.74) is 2.41. The molecule has 2 aromatic rings. The van der Waals surface area contributed by atoms with Crippen LogP contribution in [0.25, 0.3) is 0 Å². The minimum absolute atomic E-state index is 0.207. The van der Waals surface area contributed by atoms with Crippen LogP contribution >= 0.6 is 31.9 Å². The summed E-state index contributed by atoms with van der Waals surface area (Å²) in [6.07, 6.45) is 0. The Morgan fingerprint density at radius 2 is 1.69 bits per heavy atom. The molecule has 1 amide bonds. The third kappa shape index (κ3) is 6.04. The van der Waals surface area contributed by atoms with Gasteiger partial charge in [-0.15, -0.1) is 0 Å². The lowest BCUT2D eigenvalue weighted by Gasteiger charge is -2.26. The van der Waals surface area contributed by atoms with Crippen LogP contribution in [0.3, 0.4) is 0 Å². The quantitative estimate of drug-likeness (QED) is 0.530. The number of nitrogens with zero attached hydrogens (tertiary/aromatic N) is 1. The number of rotatable bonds is 6. The van der Waals surface area contributed by atoms with E-state index < -0.39 is 5.97 Å². The lowest BCUT2D eigenvalue weighted by atomic mass is 10.1. The highest BCUT2D eigenvalue weighted by atomic mass is 79.9. The normalized spacial score (nSPS) is 13.8. The lowest BCUT2D eigenvalue weighted by Crippen LogP contribution is -2.42. The number of esters is 1. The van der Waals surface area contributed by atoms with Crippen molar-refractivity contribution >= 4 is 43.7 Å². The van der Waals surface area contributed by atoms with Crippen molar-refractivity contribution in [3.63, 3.8) is 0 Å². The Bertz CT molecular complexity index is 856. The van der Waals surface area contributed by atoms with Crippen LogP contribution in [0.5, 0.6) is 5.75 Å². The summed E-state index contributed by atoms with van der Waals surface area (Å²) in [4.78, 5) is 25.9. The zero-order valence-corrected chi connectivity index (χ0v) is 19.1. The summed E-state index contributed by atoms with van der Waals surface area (Å²) >= 11 is 7.01. The third-order valence-corrected chi connectivity index (χ3v) is 5.58. The van der Waals surface area contributed by atoms with Crippen LogP contribution in [0.15, 0.2) is 45.3 Å². The van der Waals surface area contributed by atoms with Crippen molar-refractivity contribution in [2.75, 3.05) is 32.9 Å². The van der Waals surface area contributed by atoms with Crippen LogP contribution in [0.2, 0.25) is 0 Å². The maximum atomic E-state index is 12.2. The van der Waals surface area contributed by atoms with E-state index in [2.05, 4.69) is 31.9 Å². The number of aryl methyl sites for hydroxylation is 1. The van der Waals surface area contributed by atoms with Crippen molar-refractivity contribution < 1.29 is 23.8 Å². The molecule has 0 unspecified atom stereocenters. The summed E-state index contributed by atoms with van der Waals surface area (Å²) in [6, 6.07) is 10.9. The molecule has 0 N–H and O–H groups in total. The van der Waals surface area contributed by atoms with Crippen molar-refractivity contribution in [3.8, 4) is 5.75 Å². The van der Waals surface area contributed by atoms with Gasteiger partial charge in [0.1, 0.15) is 12.4 Å². The molecule has 0 aromatic heterocycles. The molecule has 0 saturated carbocycles. The van der Waals surface area contributed by atoms with Crippen molar-refractivity contribution in [2.24, 2.45) is 0 Å². The van der Waals surface area contributed by atoms with E-state index in [1.165, 1.54) is 0 Å². The molecule has 1 heterocycles. The van der Waals surface area contributed by atoms with Gasteiger partial charge in [0.15, 0.2) is 6.61 Å². The Balaban J connectivity index is 1.51. The van der Waals surface area contributed by atoms with E-state index >= 15 is 0 Å². The first-order valence-electron chi connectivity index (χ1n) is 9.14. The highest BCUT2D eigenvalue weighted by Gasteiger charge is 2.18.